The molecule has 4 heteroatoms. The standard InChI is InChI=1S/C12H24N2OS/c1-4-14(8-10(2)3)12(15)7-11-9-16-6-5-13-11/h10-11,13H,4-9H2,1-3H3. The van der Waals surface area contributed by atoms with Crippen LogP contribution in [0.25, 0.3) is 0 Å². The maximum Gasteiger partial charge on any atom is 0.224 e. The van der Waals surface area contributed by atoms with E-state index in [-0.39, 0.29) is 0 Å². The number of thioether (sulfide) groups is 1. The summed E-state index contributed by atoms with van der Waals surface area (Å²) in [6, 6.07) is 0.382. The quantitative estimate of drug-likeness (QED) is 0.797. The first-order valence-electron chi connectivity index (χ1n) is 6.22. The summed E-state index contributed by atoms with van der Waals surface area (Å²) in [7, 11) is 0. The van der Waals surface area contributed by atoms with Crippen LogP contribution in [-0.4, -0.2) is 48.0 Å². The van der Waals surface area contributed by atoms with Crippen LogP contribution in [0.5, 0.6) is 0 Å². The highest BCUT2D eigenvalue weighted by atomic mass is 32.2. The van der Waals surface area contributed by atoms with Gasteiger partial charge in [-0.3, -0.25) is 4.79 Å². The Labute approximate surface area is 103 Å². The van der Waals surface area contributed by atoms with Gasteiger partial charge >= 0.3 is 0 Å². The van der Waals surface area contributed by atoms with Crippen molar-refractivity contribution in [2.45, 2.75) is 33.2 Å². The molecule has 16 heavy (non-hydrogen) atoms. The third-order valence-corrected chi connectivity index (χ3v) is 3.87. The van der Waals surface area contributed by atoms with Crippen LogP contribution in [0.3, 0.4) is 0 Å². The summed E-state index contributed by atoms with van der Waals surface area (Å²) in [5.74, 6) is 3.10. The molecule has 1 rings (SSSR count). The van der Waals surface area contributed by atoms with Crippen molar-refractivity contribution in [3.8, 4) is 0 Å². The molecule has 1 saturated heterocycles. The third kappa shape index (κ3) is 4.74. The largest absolute Gasteiger partial charge is 0.343 e. The molecule has 0 aliphatic carbocycles. The summed E-state index contributed by atoms with van der Waals surface area (Å²) in [5, 5.41) is 3.41. The molecule has 1 atom stereocenters. The summed E-state index contributed by atoms with van der Waals surface area (Å²) < 4.78 is 0. The molecular formula is C12H24N2OS. The minimum Gasteiger partial charge on any atom is -0.343 e. The second kappa shape index (κ2) is 7.17. The lowest BCUT2D eigenvalue weighted by Crippen LogP contribution is -2.43. The molecular weight excluding hydrogens is 220 g/mol. The molecule has 0 bridgehead atoms. The van der Waals surface area contributed by atoms with Crippen LogP contribution in [-0.2, 0) is 4.79 Å². The Morgan fingerprint density at radius 2 is 2.31 bits per heavy atom. The molecule has 0 spiro atoms. The minimum absolute atomic E-state index is 0.302. The first-order chi connectivity index (χ1) is 7.63. The summed E-state index contributed by atoms with van der Waals surface area (Å²) in [6.07, 6.45) is 0.660. The van der Waals surface area contributed by atoms with E-state index in [1.807, 2.05) is 16.7 Å². The highest BCUT2D eigenvalue weighted by Gasteiger charge is 2.20. The van der Waals surface area contributed by atoms with Gasteiger partial charge in [0.15, 0.2) is 0 Å². The van der Waals surface area contributed by atoms with E-state index in [1.165, 1.54) is 5.75 Å². The summed E-state index contributed by atoms with van der Waals surface area (Å²) in [6.45, 7) is 9.13. The number of nitrogens with zero attached hydrogens (tertiary/aromatic N) is 1. The van der Waals surface area contributed by atoms with Crippen molar-refractivity contribution >= 4 is 17.7 Å². The fraction of sp³-hybridized carbons (Fsp3) is 0.917. The Kier molecular flexibility index (Phi) is 6.21. The molecule has 1 fully saturated rings. The average molecular weight is 244 g/mol. The van der Waals surface area contributed by atoms with Crippen LogP contribution in [0.15, 0.2) is 0 Å². The zero-order valence-electron chi connectivity index (χ0n) is 10.7. The fourth-order valence-electron chi connectivity index (χ4n) is 1.94. The molecule has 1 aliphatic rings. The molecule has 0 aromatic carbocycles. The topological polar surface area (TPSA) is 32.3 Å². The highest BCUT2D eigenvalue weighted by molar-refractivity contribution is 7.99. The molecule has 1 heterocycles. The van der Waals surface area contributed by atoms with Crippen LogP contribution in [0.4, 0.5) is 0 Å². The van der Waals surface area contributed by atoms with Gasteiger partial charge in [0.2, 0.25) is 5.91 Å². The maximum atomic E-state index is 12.1. The van der Waals surface area contributed by atoms with Crippen LogP contribution in [0.1, 0.15) is 27.2 Å². The Balaban J connectivity index is 2.35. The van der Waals surface area contributed by atoms with Gasteiger partial charge in [0, 0.05) is 43.6 Å². The highest BCUT2D eigenvalue weighted by Crippen LogP contribution is 2.12. The van der Waals surface area contributed by atoms with E-state index >= 15 is 0 Å². The molecule has 0 aromatic heterocycles. The lowest BCUT2D eigenvalue weighted by atomic mass is 10.1. The second-order valence-electron chi connectivity index (χ2n) is 4.76. The maximum absolute atomic E-state index is 12.1. The summed E-state index contributed by atoms with van der Waals surface area (Å²) in [4.78, 5) is 14.0. The Bertz CT molecular complexity index is 215. The molecule has 0 radical (unpaired) electrons. The van der Waals surface area contributed by atoms with Gasteiger partial charge in [-0.2, -0.15) is 11.8 Å². The van der Waals surface area contributed by atoms with E-state index in [4.69, 9.17) is 0 Å². The zero-order chi connectivity index (χ0) is 12.0. The number of carbonyl (C=O) groups is 1. The van der Waals surface area contributed by atoms with Gasteiger partial charge in [0.1, 0.15) is 0 Å². The predicted octanol–water partition coefficient (Wildman–Crippen LogP) is 1.59. The van der Waals surface area contributed by atoms with E-state index in [9.17, 15) is 4.79 Å². The van der Waals surface area contributed by atoms with Crippen molar-refractivity contribution in [2.24, 2.45) is 5.92 Å². The first-order valence-corrected chi connectivity index (χ1v) is 7.37. The van der Waals surface area contributed by atoms with Crippen molar-refractivity contribution in [1.82, 2.24) is 10.2 Å². The zero-order valence-corrected chi connectivity index (χ0v) is 11.5. The third-order valence-electron chi connectivity index (χ3n) is 2.74. The van der Waals surface area contributed by atoms with Gasteiger partial charge in [0.25, 0.3) is 0 Å². The van der Waals surface area contributed by atoms with Crippen LogP contribution in [0.2, 0.25) is 0 Å². The van der Waals surface area contributed by atoms with E-state index in [0.717, 1.165) is 25.4 Å². The number of rotatable bonds is 5. The summed E-state index contributed by atoms with van der Waals surface area (Å²) in [5.41, 5.74) is 0. The van der Waals surface area contributed by atoms with Gasteiger partial charge in [-0.15, -0.1) is 0 Å². The van der Waals surface area contributed by atoms with Crippen LogP contribution in [0, 0.1) is 5.92 Å². The molecule has 1 aliphatic heterocycles. The average Bonchev–Trinajstić information content (AvgIpc) is 2.26. The lowest BCUT2D eigenvalue weighted by Gasteiger charge is -2.27. The Morgan fingerprint density at radius 3 is 2.81 bits per heavy atom. The molecule has 1 amide bonds. The van der Waals surface area contributed by atoms with Crippen LogP contribution < -0.4 is 5.32 Å². The van der Waals surface area contributed by atoms with E-state index < -0.39 is 0 Å². The van der Waals surface area contributed by atoms with Gasteiger partial charge in [0.05, 0.1) is 0 Å². The molecule has 0 saturated carbocycles. The van der Waals surface area contributed by atoms with E-state index in [1.54, 1.807) is 0 Å². The number of hydrogen-bond acceptors (Lipinski definition) is 3. The van der Waals surface area contributed by atoms with Gasteiger partial charge < -0.3 is 10.2 Å². The van der Waals surface area contributed by atoms with Gasteiger partial charge in [-0.05, 0) is 12.8 Å². The van der Waals surface area contributed by atoms with Crippen molar-refractivity contribution in [2.75, 3.05) is 31.1 Å². The number of hydrogen-bond donors (Lipinski definition) is 1. The monoisotopic (exact) mass is 244 g/mol. The van der Waals surface area contributed by atoms with Gasteiger partial charge in [-0.25, -0.2) is 0 Å². The van der Waals surface area contributed by atoms with Crippen LogP contribution >= 0.6 is 11.8 Å². The SMILES string of the molecule is CCN(CC(C)C)C(=O)CC1CSCCN1. The van der Waals surface area contributed by atoms with Crippen molar-refractivity contribution in [1.29, 1.82) is 0 Å². The van der Waals surface area contributed by atoms with Crippen molar-refractivity contribution in [3.63, 3.8) is 0 Å². The number of nitrogens with one attached hydrogen (secondary N) is 1. The van der Waals surface area contributed by atoms with Crippen molar-refractivity contribution in [3.05, 3.63) is 0 Å². The van der Waals surface area contributed by atoms with Gasteiger partial charge in [-0.1, -0.05) is 13.8 Å². The van der Waals surface area contributed by atoms with E-state index in [2.05, 4.69) is 26.1 Å². The molecule has 0 aromatic rings. The molecule has 1 N–H and O–H groups in total. The Hall–Kier alpha value is -0.220. The minimum atomic E-state index is 0.302. The lowest BCUT2D eigenvalue weighted by molar-refractivity contribution is -0.131. The van der Waals surface area contributed by atoms with Crippen molar-refractivity contribution < 1.29 is 4.79 Å². The first kappa shape index (κ1) is 13.8. The summed E-state index contributed by atoms with van der Waals surface area (Å²) >= 11 is 1.94. The second-order valence-corrected chi connectivity index (χ2v) is 5.91. The normalized spacial score (nSPS) is 21.1. The number of amides is 1. The fourth-order valence-corrected chi connectivity index (χ4v) is 2.89. The molecule has 94 valence electrons. The molecule has 3 nitrogen and oxygen atoms in total. The smallest absolute Gasteiger partial charge is 0.224 e. The van der Waals surface area contributed by atoms with E-state index in [0.29, 0.717) is 24.3 Å². The number of carbonyl (C=O) groups excluding carboxylic acids is 1. The Morgan fingerprint density at radius 1 is 1.56 bits per heavy atom. The predicted molar refractivity (Wildman–Crippen MR) is 70.8 cm³/mol. The molecule has 1 unspecified atom stereocenters.